The van der Waals surface area contributed by atoms with Crippen molar-refractivity contribution >= 4 is 16.8 Å². The van der Waals surface area contributed by atoms with Gasteiger partial charge in [-0.15, -0.1) is 0 Å². The van der Waals surface area contributed by atoms with E-state index in [4.69, 9.17) is 4.74 Å². The van der Waals surface area contributed by atoms with Crippen molar-refractivity contribution in [3.63, 3.8) is 0 Å². The lowest BCUT2D eigenvalue weighted by Crippen LogP contribution is -2.28. The zero-order chi connectivity index (χ0) is 14.5. The number of aromatic nitrogens is 1. The molecule has 0 saturated carbocycles. The topological polar surface area (TPSA) is 54.1 Å². The molecule has 1 heterocycles. The summed E-state index contributed by atoms with van der Waals surface area (Å²) in [6, 6.07) is 17.2. The van der Waals surface area contributed by atoms with Crippen molar-refractivity contribution in [3.8, 4) is 5.75 Å². The fourth-order valence-corrected chi connectivity index (χ4v) is 2.22. The first-order valence-electron chi connectivity index (χ1n) is 6.87. The second-order valence-corrected chi connectivity index (χ2v) is 4.66. The fourth-order valence-electron chi connectivity index (χ4n) is 2.22. The van der Waals surface area contributed by atoms with E-state index >= 15 is 0 Å². The maximum absolute atomic E-state index is 12.2. The van der Waals surface area contributed by atoms with Gasteiger partial charge in [-0.05, 0) is 24.3 Å². The number of rotatable bonds is 5. The molecule has 0 unspecified atom stereocenters. The summed E-state index contributed by atoms with van der Waals surface area (Å²) in [5.74, 6) is 0.706. The van der Waals surface area contributed by atoms with Crippen LogP contribution in [0.4, 0.5) is 0 Å². The Labute approximate surface area is 122 Å². The number of aromatic amines is 1. The highest BCUT2D eigenvalue weighted by Gasteiger charge is 2.09. The first-order valence-corrected chi connectivity index (χ1v) is 6.87. The average Bonchev–Trinajstić information content (AvgIpc) is 3.01. The van der Waals surface area contributed by atoms with Gasteiger partial charge in [-0.1, -0.05) is 30.3 Å². The standard InChI is InChI=1S/C17H16N2O2/c20-17(15-8-4-5-13-9-10-18-16(13)15)19-11-12-21-14-6-2-1-3-7-14/h1-10,18H,11-12H2,(H,19,20). The summed E-state index contributed by atoms with van der Waals surface area (Å²) in [5, 5.41) is 3.90. The summed E-state index contributed by atoms with van der Waals surface area (Å²) in [7, 11) is 0. The molecule has 1 amide bonds. The highest BCUT2D eigenvalue weighted by molar-refractivity contribution is 6.05. The Bertz CT molecular complexity index is 735. The number of amides is 1. The maximum Gasteiger partial charge on any atom is 0.253 e. The smallest absolute Gasteiger partial charge is 0.253 e. The summed E-state index contributed by atoms with van der Waals surface area (Å²) >= 11 is 0. The predicted octanol–water partition coefficient (Wildman–Crippen LogP) is 2.98. The quantitative estimate of drug-likeness (QED) is 0.706. The SMILES string of the molecule is O=C(NCCOc1ccccc1)c1cccc2cc[nH]c12. The summed E-state index contributed by atoms with van der Waals surface area (Å²) in [5.41, 5.74) is 1.51. The van der Waals surface area contributed by atoms with Crippen molar-refractivity contribution in [2.45, 2.75) is 0 Å². The van der Waals surface area contributed by atoms with E-state index in [1.54, 1.807) is 0 Å². The molecule has 0 spiro atoms. The summed E-state index contributed by atoms with van der Waals surface area (Å²) in [6.07, 6.45) is 1.83. The predicted molar refractivity (Wildman–Crippen MR) is 82.6 cm³/mol. The van der Waals surface area contributed by atoms with E-state index < -0.39 is 0 Å². The van der Waals surface area contributed by atoms with Crippen LogP contribution in [0.2, 0.25) is 0 Å². The molecule has 0 saturated heterocycles. The van der Waals surface area contributed by atoms with E-state index in [1.807, 2.05) is 60.8 Å². The lowest BCUT2D eigenvalue weighted by atomic mass is 10.1. The number of carbonyl (C=O) groups is 1. The molecule has 2 aromatic carbocycles. The van der Waals surface area contributed by atoms with Crippen molar-refractivity contribution < 1.29 is 9.53 Å². The number of nitrogens with one attached hydrogen (secondary N) is 2. The van der Waals surface area contributed by atoms with Crippen LogP contribution >= 0.6 is 0 Å². The average molecular weight is 280 g/mol. The zero-order valence-electron chi connectivity index (χ0n) is 11.5. The van der Waals surface area contributed by atoms with E-state index in [1.165, 1.54) is 0 Å². The minimum Gasteiger partial charge on any atom is -0.492 e. The third kappa shape index (κ3) is 3.05. The van der Waals surface area contributed by atoms with Crippen LogP contribution in [0.25, 0.3) is 10.9 Å². The van der Waals surface area contributed by atoms with Crippen molar-refractivity contribution in [1.82, 2.24) is 10.3 Å². The Morgan fingerprint density at radius 2 is 1.90 bits per heavy atom. The molecule has 21 heavy (non-hydrogen) atoms. The molecule has 0 aliphatic heterocycles. The van der Waals surface area contributed by atoms with Gasteiger partial charge in [0.25, 0.3) is 5.91 Å². The number of fused-ring (bicyclic) bond motifs is 1. The fraction of sp³-hybridized carbons (Fsp3) is 0.118. The first kappa shape index (κ1) is 13.2. The molecule has 3 aromatic rings. The van der Waals surface area contributed by atoms with Gasteiger partial charge in [0.1, 0.15) is 12.4 Å². The highest BCUT2D eigenvalue weighted by Crippen LogP contribution is 2.16. The summed E-state index contributed by atoms with van der Waals surface area (Å²) in [6.45, 7) is 0.904. The number of hydrogen-bond donors (Lipinski definition) is 2. The van der Waals surface area contributed by atoms with Crippen LogP contribution in [0.1, 0.15) is 10.4 Å². The second kappa shape index (κ2) is 6.13. The van der Waals surface area contributed by atoms with Crippen LogP contribution in [0.5, 0.6) is 5.75 Å². The Balaban J connectivity index is 1.56. The van der Waals surface area contributed by atoms with E-state index in [2.05, 4.69) is 10.3 Å². The van der Waals surface area contributed by atoms with Crippen molar-refractivity contribution in [1.29, 1.82) is 0 Å². The molecular formula is C17H16N2O2. The molecule has 0 atom stereocenters. The normalized spacial score (nSPS) is 10.5. The van der Waals surface area contributed by atoms with Gasteiger partial charge < -0.3 is 15.0 Å². The molecule has 0 aliphatic rings. The number of H-pyrrole nitrogens is 1. The van der Waals surface area contributed by atoms with Crippen molar-refractivity contribution in [2.75, 3.05) is 13.2 Å². The van der Waals surface area contributed by atoms with Crippen LogP contribution in [0.3, 0.4) is 0 Å². The number of hydrogen-bond acceptors (Lipinski definition) is 2. The lowest BCUT2D eigenvalue weighted by molar-refractivity contribution is 0.0948. The third-order valence-electron chi connectivity index (χ3n) is 3.23. The Kier molecular flexibility index (Phi) is 3.87. The van der Waals surface area contributed by atoms with Gasteiger partial charge in [-0.25, -0.2) is 0 Å². The number of carbonyl (C=O) groups excluding carboxylic acids is 1. The number of ether oxygens (including phenoxy) is 1. The van der Waals surface area contributed by atoms with Crippen molar-refractivity contribution in [3.05, 3.63) is 66.4 Å². The van der Waals surface area contributed by atoms with E-state index in [0.717, 1.165) is 16.7 Å². The molecular weight excluding hydrogens is 264 g/mol. The Morgan fingerprint density at radius 3 is 2.76 bits per heavy atom. The minimum absolute atomic E-state index is 0.0975. The van der Waals surface area contributed by atoms with Gasteiger partial charge in [0.2, 0.25) is 0 Å². The first-order chi connectivity index (χ1) is 10.3. The molecule has 3 rings (SSSR count). The van der Waals surface area contributed by atoms with Gasteiger partial charge >= 0.3 is 0 Å². The third-order valence-corrected chi connectivity index (χ3v) is 3.23. The highest BCUT2D eigenvalue weighted by atomic mass is 16.5. The van der Waals surface area contributed by atoms with Crippen LogP contribution in [0.15, 0.2) is 60.8 Å². The summed E-state index contributed by atoms with van der Waals surface area (Å²) in [4.78, 5) is 15.3. The van der Waals surface area contributed by atoms with E-state index in [-0.39, 0.29) is 5.91 Å². The van der Waals surface area contributed by atoms with Crippen LogP contribution < -0.4 is 10.1 Å². The number of para-hydroxylation sites is 2. The van der Waals surface area contributed by atoms with E-state index in [0.29, 0.717) is 18.7 Å². The molecule has 0 fully saturated rings. The van der Waals surface area contributed by atoms with Gasteiger partial charge in [-0.2, -0.15) is 0 Å². The number of benzene rings is 2. The minimum atomic E-state index is -0.0975. The summed E-state index contributed by atoms with van der Waals surface area (Å²) < 4.78 is 5.54. The van der Waals surface area contributed by atoms with Gasteiger partial charge in [0, 0.05) is 11.6 Å². The molecule has 0 aliphatic carbocycles. The molecule has 0 radical (unpaired) electrons. The maximum atomic E-state index is 12.2. The largest absolute Gasteiger partial charge is 0.492 e. The van der Waals surface area contributed by atoms with Crippen LogP contribution in [0, 0.1) is 0 Å². The monoisotopic (exact) mass is 280 g/mol. The van der Waals surface area contributed by atoms with Gasteiger partial charge in [-0.3, -0.25) is 4.79 Å². The molecule has 4 nitrogen and oxygen atoms in total. The van der Waals surface area contributed by atoms with Crippen LogP contribution in [-0.4, -0.2) is 24.0 Å². The molecule has 2 N–H and O–H groups in total. The molecule has 0 bridgehead atoms. The Hall–Kier alpha value is -2.75. The molecule has 106 valence electrons. The zero-order valence-corrected chi connectivity index (χ0v) is 11.5. The lowest BCUT2D eigenvalue weighted by Gasteiger charge is -2.08. The van der Waals surface area contributed by atoms with E-state index in [9.17, 15) is 4.79 Å². The van der Waals surface area contributed by atoms with Crippen molar-refractivity contribution in [2.24, 2.45) is 0 Å². The van der Waals surface area contributed by atoms with Crippen LogP contribution in [-0.2, 0) is 0 Å². The molecule has 1 aromatic heterocycles. The second-order valence-electron chi connectivity index (χ2n) is 4.66. The molecule has 4 heteroatoms. The van der Waals surface area contributed by atoms with Gasteiger partial charge in [0.05, 0.1) is 17.6 Å². The van der Waals surface area contributed by atoms with Gasteiger partial charge in [0.15, 0.2) is 0 Å². The Morgan fingerprint density at radius 1 is 1.05 bits per heavy atom.